The number of aliphatic hydroxyl groups is 1. The third-order valence-corrected chi connectivity index (χ3v) is 8.94. The average molecular weight is 344 g/mol. The maximum absolute atomic E-state index is 10.2. The second-order valence-electron chi connectivity index (χ2n) is 9.74. The number of methoxy groups -OCH3 is 1. The molecule has 0 aromatic heterocycles. The van der Waals surface area contributed by atoms with E-state index in [0.717, 1.165) is 32.1 Å². The monoisotopic (exact) mass is 343 g/mol. The minimum atomic E-state index is -0.0962. The number of nitrogens with zero attached hydrogens (tertiary/aromatic N) is 1. The predicted molar refractivity (Wildman–Crippen MR) is 97.6 cm³/mol. The quantitative estimate of drug-likeness (QED) is 0.715. The van der Waals surface area contributed by atoms with E-state index < -0.39 is 0 Å². The van der Waals surface area contributed by atoms with Crippen LogP contribution in [-0.4, -0.2) is 24.4 Å². The Hall–Kier alpha value is -0.850. The van der Waals surface area contributed by atoms with E-state index in [1.807, 2.05) is 13.2 Å². The van der Waals surface area contributed by atoms with E-state index in [4.69, 9.17) is 4.74 Å². The van der Waals surface area contributed by atoms with Gasteiger partial charge in [-0.2, -0.15) is 5.26 Å². The van der Waals surface area contributed by atoms with Gasteiger partial charge in [0.15, 0.2) is 0 Å². The van der Waals surface area contributed by atoms with Gasteiger partial charge < -0.3 is 9.84 Å². The third kappa shape index (κ3) is 2.44. The molecule has 0 unspecified atom stereocenters. The smallest absolute Gasteiger partial charge is 0.0911 e. The highest BCUT2D eigenvalue weighted by Crippen LogP contribution is 2.67. The van der Waals surface area contributed by atoms with Gasteiger partial charge in [-0.05, 0) is 85.9 Å². The van der Waals surface area contributed by atoms with Crippen LogP contribution in [0.2, 0.25) is 0 Å². The van der Waals surface area contributed by atoms with Crippen molar-refractivity contribution in [3.63, 3.8) is 0 Å². The van der Waals surface area contributed by atoms with Gasteiger partial charge in [-0.3, -0.25) is 0 Å². The first kappa shape index (κ1) is 17.6. The zero-order valence-electron chi connectivity index (χ0n) is 16.0. The van der Waals surface area contributed by atoms with E-state index in [1.54, 1.807) is 0 Å². The minimum Gasteiger partial charge on any atom is -0.393 e. The van der Waals surface area contributed by atoms with Gasteiger partial charge >= 0.3 is 0 Å². The van der Waals surface area contributed by atoms with E-state index in [0.29, 0.717) is 29.1 Å². The van der Waals surface area contributed by atoms with Crippen LogP contribution in [0.25, 0.3) is 0 Å². The van der Waals surface area contributed by atoms with Crippen molar-refractivity contribution < 1.29 is 9.84 Å². The largest absolute Gasteiger partial charge is 0.393 e. The van der Waals surface area contributed by atoms with Crippen molar-refractivity contribution in [1.82, 2.24) is 0 Å². The molecular formula is C22H33NO2. The van der Waals surface area contributed by atoms with Crippen LogP contribution in [0.1, 0.15) is 65.2 Å². The second-order valence-corrected chi connectivity index (χ2v) is 9.74. The van der Waals surface area contributed by atoms with Crippen LogP contribution in [0.4, 0.5) is 0 Å². The molecule has 4 aliphatic rings. The number of rotatable bonds is 1. The summed E-state index contributed by atoms with van der Waals surface area (Å²) >= 11 is 0. The highest BCUT2D eigenvalue weighted by Gasteiger charge is 2.62. The number of aliphatic hydroxyl groups excluding tert-OH is 1. The number of fused-ring (bicyclic) bond motifs is 5. The topological polar surface area (TPSA) is 53.2 Å². The molecule has 4 fully saturated rings. The molecule has 3 nitrogen and oxygen atoms in total. The zero-order chi connectivity index (χ0) is 17.8. The third-order valence-electron chi connectivity index (χ3n) is 8.94. The fourth-order valence-electron chi connectivity index (χ4n) is 7.71. The Balaban J connectivity index is 1.71. The van der Waals surface area contributed by atoms with Gasteiger partial charge in [0.1, 0.15) is 0 Å². The Morgan fingerprint density at radius 3 is 2.76 bits per heavy atom. The highest BCUT2D eigenvalue weighted by atomic mass is 16.5. The van der Waals surface area contributed by atoms with E-state index in [1.165, 1.54) is 24.8 Å². The maximum Gasteiger partial charge on any atom is 0.0911 e. The van der Waals surface area contributed by atoms with Crippen molar-refractivity contribution in [3.05, 3.63) is 11.6 Å². The van der Waals surface area contributed by atoms with E-state index in [9.17, 15) is 10.4 Å². The van der Waals surface area contributed by atoms with Crippen LogP contribution in [0, 0.1) is 45.8 Å². The lowest BCUT2D eigenvalue weighted by atomic mass is 9.44. The number of allylic oxidation sites excluding steroid dienone is 2. The maximum atomic E-state index is 10.2. The lowest BCUT2D eigenvalue weighted by molar-refractivity contribution is -0.175. The van der Waals surface area contributed by atoms with Gasteiger partial charge in [-0.15, -0.1) is 0 Å². The molecule has 0 spiro atoms. The second kappa shape index (κ2) is 6.10. The molecule has 0 radical (unpaired) electrons. The number of hydrogen-bond donors (Lipinski definition) is 1. The molecule has 0 heterocycles. The molecule has 0 aliphatic heterocycles. The summed E-state index contributed by atoms with van der Waals surface area (Å²) < 4.78 is 6.13. The predicted octanol–water partition coefficient (Wildman–Crippen LogP) is 4.46. The summed E-state index contributed by atoms with van der Waals surface area (Å²) in [6.07, 6.45) is 11.0. The molecule has 4 saturated carbocycles. The molecule has 1 N–H and O–H groups in total. The van der Waals surface area contributed by atoms with E-state index in [-0.39, 0.29) is 17.6 Å². The van der Waals surface area contributed by atoms with Gasteiger partial charge in [-0.25, -0.2) is 0 Å². The van der Waals surface area contributed by atoms with Crippen molar-refractivity contribution in [3.8, 4) is 6.07 Å². The van der Waals surface area contributed by atoms with Crippen molar-refractivity contribution in [2.24, 2.45) is 34.5 Å². The molecule has 0 amide bonds. The Labute approximate surface area is 152 Å². The van der Waals surface area contributed by atoms with Crippen molar-refractivity contribution in [2.45, 2.75) is 77.4 Å². The number of hydrogen-bond acceptors (Lipinski definition) is 3. The standard InChI is InChI=1S/C22H33NO2/c1-21-10-8-16(24)12-15(21)4-6-17-18-7-5-14(9-11-23)22(18,2)13-19(25-3)20(17)21/h9,15-20,24H,4-8,10,12-13H2,1-3H3/b14-9-/t15-,16+,17-,18-,19-,20+,21-,22+/m0/s1. The SMILES string of the molecule is CO[C@H]1C[C@]2(C)/C(=C\C#N)CC[C@H]2[C@@H]2CC[C@H]3C[C@H](O)CC[C@]3(C)[C@H]21. The molecule has 4 aliphatic carbocycles. The van der Waals surface area contributed by atoms with Crippen LogP contribution in [0.3, 0.4) is 0 Å². The molecule has 0 aromatic carbocycles. The van der Waals surface area contributed by atoms with E-state index >= 15 is 0 Å². The summed E-state index contributed by atoms with van der Waals surface area (Å²) in [5, 5.41) is 19.4. The Bertz CT molecular complexity index is 608. The molecule has 25 heavy (non-hydrogen) atoms. The molecule has 0 bridgehead atoms. The normalized spacial score (nSPS) is 53.6. The van der Waals surface area contributed by atoms with E-state index in [2.05, 4.69) is 19.9 Å². The summed E-state index contributed by atoms with van der Waals surface area (Å²) in [5.41, 5.74) is 1.83. The van der Waals surface area contributed by atoms with Crippen LogP contribution in [0.15, 0.2) is 11.6 Å². The molecule has 3 heteroatoms. The first-order chi connectivity index (χ1) is 11.9. The molecule has 138 valence electrons. The summed E-state index contributed by atoms with van der Waals surface area (Å²) in [4.78, 5) is 0. The summed E-state index contributed by atoms with van der Waals surface area (Å²) in [6, 6.07) is 2.30. The van der Waals surface area contributed by atoms with Crippen LogP contribution in [0.5, 0.6) is 0 Å². The van der Waals surface area contributed by atoms with Crippen LogP contribution < -0.4 is 0 Å². The Morgan fingerprint density at radius 1 is 1.24 bits per heavy atom. The van der Waals surface area contributed by atoms with Gasteiger partial charge in [0.25, 0.3) is 0 Å². The minimum absolute atomic E-state index is 0.0962. The fraction of sp³-hybridized carbons (Fsp3) is 0.864. The highest BCUT2D eigenvalue weighted by molar-refractivity contribution is 5.29. The zero-order valence-corrected chi connectivity index (χ0v) is 16.0. The van der Waals surface area contributed by atoms with Gasteiger partial charge in [0.2, 0.25) is 0 Å². The first-order valence-electron chi connectivity index (χ1n) is 10.2. The Morgan fingerprint density at radius 2 is 2.04 bits per heavy atom. The molecular weight excluding hydrogens is 310 g/mol. The van der Waals surface area contributed by atoms with Crippen LogP contribution >= 0.6 is 0 Å². The summed E-state index contributed by atoms with van der Waals surface area (Å²) in [7, 11) is 1.89. The van der Waals surface area contributed by atoms with Gasteiger partial charge in [0.05, 0.1) is 18.3 Å². The molecule has 0 saturated heterocycles. The van der Waals surface area contributed by atoms with Crippen molar-refractivity contribution in [1.29, 1.82) is 5.26 Å². The van der Waals surface area contributed by atoms with Crippen LogP contribution in [-0.2, 0) is 4.74 Å². The van der Waals surface area contributed by atoms with Crippen molar-refractivity contribution in [2.75, 3.05) is 7.11 Å². The van der Waals surface area contributed by atoms with Gasteiger partial charge in [0, 0.05) is 13.2 Å². The van der Waals surface area contributed by atoms with Gasteiger partial charge in [-0.1, -0.05) is 19.4 Å². The number of ether oxygens (including phenoxy) is 1. The summed E-state index contributed by atoms with van der Waals surface area (Å²) in [6.45, 7) is 4.89. The summed E-state index contributed by atoms with van der Waals surface area (Å²) in [5.74, 6) is 2.68. The molecule has 4 rings (SSSR count). The Kier molecular flexibility index (Phi) is 4.28. The molecule has 8 atom stereocenters. The van der Waals surface area contributed by atoms with Crippen molar-refractivity contribution >= 4 is 0 Å². The lowest BCUT2D eigenvalue weighted by Crippen LogP contribution is -2.58. The fourth-order valence-corrected chi connectivity index (χ4v) is 7.71. The number of nitriles is 1. The average Bonchev–Trinajstić information content (AvgIpc) is 2.91. The lowest BCUT2D eigenvalue weighted by Gasteiger charge is -2.62. The first-order valence-corrected chi connectivity index (χ1v) is 10.2. The molecule has 0 aromatic rings.